The van der Waals surface area contributed by atoms with Crippen LogP contribution in [0.4, 0.5) is 5.82 Å². The minimum Gasteiger partial charge on any atom is -0.740 e. The van der Waals surface area contributed by atoms with Gasteiger partial charge in [0, 0.05) is 13.0 Å². The van der Waals surface area contributed by atoms with Crippen LogP contribution in [0.15, 0.2) is 12.3 Å². The Bertz CT molecular complexity index is 203. The molecule has 9 heavy (non-hydrogen) atoms. The van der Waals surface area contributed by atoms with Gasteiger partial charge in [0.15, 0.2) is 0 Å². The van der Waals surface area contributed by atoms with Crippen molar-refractivity contribution in [2.75, 3.05) is 5.73 Å². The molecule has 0 amide bonds. The maximum absolute atomic E-state index is 10.7. The van der Waals surface area contributed by atoms with E-state index in [1.54, 1.807) is 6.92 Å². The maximum Gasteiger partial charge on any atom is 0.235 e. The van der Waals surface area contributed by atoms with Crippen molar-refractivity contribution in [3.8, 4) is 0 Å². The van der Waals surface area contributed by atoms with Crippen molar-refractivity contribution in [1.82, 2.24) is 4.98 Å². The Morgan fingerprint density at radius 3 is 2.89 bits per heavy atom. The van der Waals surface area contributed by atoms with Gasteiger partial charge < -0.3 is 10.9 Å². The predicted octanol–water partition coefficient (Wildman–Crippen LogP) is -0.394. The van der Waals surface area contributed by atoms with E-state index < -0.39 is 0 Å². The summed E-state index contributed by atoms with van der Waals surface area (Å²) < 4.78 is 0.583. The third-order valence-electron chi connectivity index (χ3n) is 1.04. The number of anilines is 1. The molecule has 1 aromatic heterocycles. The third kappa shape index (κ3) is 0.910. The summed E-state index contributed by atoms with van der Waals surface area (Å²) in [6.07, 6.45) is 1.50. The molecule has 2 N–H and O–H groups in total. The molecule has 1 rings (SSSR count). The monoisotopic (exact) mass is 125 g/mol. The lowest BCUT2D eigenvalue weighted by molar-refractivity contribution is -0.600. The lowest BCUT2D eigenvalue weighted by atomic mass is 10.5. The van der Waals surface area contributed by atoms with Crippen LogP contribution in [0.1, 0.15) is 5.82 Å². The van der Waals surface area contributed by atoms with Gasteiger partial charge in [-0.2, -0.15) is 0 Å². The second-order valence-electron chi connectivity index (χ2n) is 1.71. The second-order valence-corrected chi connectivity index (χ2v) is 1.71. The van der Waals surface area contributed by atoms with Crippen LogP contribution in [-0.2, 0) is 0 Å². The molecule has 4 heteroatoms. The largest absolute Gasteiger partial charge is 0.740 e. The summed E-state index contributed by atoms with van der Waals surface area (Å²) in [5.41, 5.74) is 5.23. The highest BCUT2D eigenvalue weighted by Crippen LogP contribution is 1.89. The number of aryl methyl sites for hydroxylation is 1. The van der Waals surface area contributed by atoms with Crippen LogP contribution in [0.2, 0.25) is 0 Å². The molecule has 0 spiro atoms. The molecule has 48 valence electrons. The van der Waals surface area contributed by atoms with Crippen LogP contribution in [0.5, 0.6) is 0 Å². The van der Waals surface area contributed by atoms with Crippen molar-refractivity contribution in [1.29, 1.82) is 0 Å². The van der Waals surface area contributed by atoms with E-state index in [-0.39, 0.29) is 5.82 Å². The van der Waals surface area contributed by atoms with E-state index >= 15 is 0 Å². The highest BCUT2D eigenvalue weighted by atomic mass is 16.5. The Morgan fingerprint density at radius 2 is 2.44 bits per heavy atom. The molecule has 0 saturated heterocycles. The van der Waals surface area contributed by atoms with Crippen molar-refractivity contribution >= 4 is 5.82 Å². The standard InChI is InChI=1S/C5H7N3O/c1-4-7-3-2-5(6)8(4)9/h2-3H,6H2,1H3. The van der Waals surface area contributed by atoms with Gasteiger partial charge in [0.2, 0.25) is 11.6 Å². The van der Waals surface area contributed by atoms with Crippen molar-refractivity contribution in [2.45, 2.75) is 6.92 Å². The summed E-state index contributed by atoms with van der Waals surface area (Å²) in [5.74, 6) is 0.553. The van der Waals surface area contributed by atoms with E-state index in [1.807, 2.05) is 0 Å². The first kappa shape index (κ1) is 5.81. The van der Waals surface area contributed by atoms with Crippen molar-refractivity contribution in [3.63, 3.8) is 0 Å². The van der Waals surface area contributed by atoms with Gasteiger partial charge >= 0.3 is 0 Å². The molecule has 1 heterocycles. The van der Waals surface area contributed by atoms with E-state index in [2.05, 4.69) is 4.98 Å². The zero-order chi connectivity index (χ0) is 6.85. The zero-order valence-electron chi connectivity index (χ0n) is 5.03. The fourth-order valence-electron chi connectivity index (χ4n) is 0.528. The van der Waals surface area contributed by atoms with Crippen molar-refractivity contribution in [3.05, 3.63) is 23.3 Å². The van der Waals surface area contributed by atoms with Gasteiger partial charge in [0.1, 0.15) is 6.20 Å². The SMILES string of the molecule is Cc1nccc(N)[n+]1[O-]. The molecule has 0 fully saturated rings. The van der Waals surface area contributed by atoms with Crippen LogP contribution in [0.3, 0.4) is 0 Å². The number of hydrogen-bond acceptors (Lipinski definition) is 3. The highest BCUT2D eigenvalue weighted by molar-refractivity contribution is 5.17. The number of nitrogens with zero attached hydrogens (tertiary/aromatic N) is 2. The lowest BCUT2D eigenvalue weighted by Crippen LogP contribution is -2.34. The van der Waals surface area contributed by atoms with Crippen molar-refractivity contribution < 1.29 is 4.73 Å². The molecule has 0 aliphatic carbocycles. The fourth-order valence-corrected chi connectivity index (χ4v) is 0.528. The van der Waals surface area contributed by atoms with Crippen LogP contribution in [0.25, 0.3) is 0 Å². The van der Waals surface area contributed by atoms with Gasteiger partial charge in [0.05, 0.1) is 0 Å². The molecule has 4 nitrogen and oxygen atoms in total. The summed E-state index contributed by atoms with van der Waals surface area (Å²) in [7, 11) is 0. The van der Waals surface area contributed by atoms with E-state index in [0.29, 0.717) is 10.6 Å². The Kier molecular flexibility index (Phi) is 1.22. The summed E-state index contributed by atoms with van der Waals surface area (Å²) in [6, 6.07) is 1.46. The summed E-state index contributed by atoms with van der Waals surface area (Å²) >= 11 is 0. The molecule has 0 unspecified atom stereocenters. The average molecular weight is 125 g/mol. The molecule has 0 atom stereocenters. The summed E-state index contributed by atoms with van der Waals surface area (Å²) in [4.78, 5) is 3.71. The number of aromatic nitrogens is 2. The number of nitrogens with two attached hydrogens (primary N) is 1. The Labute approximate surface area is 52.5 Å². The van der Waals surface area contributed by atoms with E-state index in [4.69, 9.17) is 5.73 Å². The first-order valence-corrected chi connectivity index (χ1v) is 2.52. The van der Waals surface area contributed by atoms with Gasteiger partial charge in [-0.15, -0.1) is 4.98 Å². The predicted molar refractivity (Wildman–Crippen MR) is 32.3 cm³/mol. The van der Waals surface area contributed by atoms with E-state index in [1.165, 1.54) is 12.3 Å². The van der Waals surface area contributed by atoms with Gasteiger partial charge in [-0.05, 0) is 0 Å². The van der Waals surface area contributed by atoms with Gasteiger partial charge in [-0.1, -0.05) is 0 Å². The topological polar surface area (TPSA) is 65.8 Å². The molecule has 0 radical (unpaired) electrons. The number of hydrogen-bond donors (Lipinski definition) is 1. The van der Waals surface area contributed by atoms with E-state index in [9.17, 15) is 5.21 Å². The third-order valence-corrected chi connectivity index (χ3v) is 1.04. The summed E-state index contributed by atoms with van der Waals surface area (Å²) in [5, 5.41) is 10.7. The Hall–Kier alpha value is -1.32. The van der Waals surface area contributed by atoms with Gasteiger partial charge in [-0.3, -0.25) is 0 Å². The number of rotatable bonds is 0. The molecule has 1 aromatic rings. The molecule has 0 saturated carbocycles. The smallest absolute Gasteiger partial charge is 0.235 e. The Morgan fingerprint density at radius 1 is 1.78 bits per heavy atom. The fraction of sp³-hybridized carbons (Fsp3) is 0.200. The number of nitrogen functional groups attached to an aromatic ring is 1. The van der Waals surface area contributed by atoms with E-state index in [0.717, 1.165) is 0 Å². The summed E-state index contributed by atoms with van der Waals surface area (Å²) in [6.45, 7) is 1.60. The normalized spacial score (nSPS) is 9.44. The zero-order valence-corrected chi connectivity index (χ0v) is 5.03. The first-order chi connectivity index (χ1) is 4.22. The maximum atomic E-state index is 10.7. The second kappa shape index (κ2) is 1.89. The quantitative estimate of drug-likeness (QED) is 0.379. The molecule has 0 aromatic carbocycles. The highest BCUT2D eigenvalue weighted by Gasteiger charge is 1.96. The van der Waals surface area contributed by atoms with Crippen LogP contribution < -0.4 is 10.5 Å². The van der Waals surface area contributed by atoms with Crippen molar-refractivity contribution in [2.24, 2.45) is 0 Å². The molecular weight excluding hydrogens is 118 g/mol. The van der Waals surface area contributed by atoms with Crippen LogP contribution >= 0.6 is 0 Å². The minimum absolute atomic E-state index is 0.183. The molecule has 0 bridgehead atoms. The van der Waals surface area contributed by atoms with Crippen LogP contribution in [-0.4, -0.2) is 4.98 Å². The van der Waals surface area contributed by atoms with Crippen LogP contribution in [0, 0.1) is 12.1 Å². The average Bonchev–Trinajstić information content (AvgIpc) is 1.83. The van der Waals surface area contributed by atoms with Gasteiger partial charge in [-0.25, -0.2) is 4.73 Å². The molecular formula is C5H7N3O. The molecule has 0 aliphatic rings. The molecule has 0 aliphatic heterocycles. The van der Waals surface area contributed by atoms with Gasteiger partial charge in [0.25, 0.3) is 0 Å². The first-order valence-electron chi connectivity index (χ1n) is 2.52. The minimum atomic E-state index is 0.183. The Balaban J connectivity index is 3.25. The lowest BCUT2D eigenvalue weighted by Gasteiger charge is -2.05.